The van der Waals surface area contributed by atoms with Gasteiger partial charge in [-0.05, 0) is 18.6 Å². The number of unbranched alkanes of at least 4 members (excludes halogenated alkanes) is 8. The molecule has 0 amide bonds. The summed E-state index contributed by atoms with van der Waals surface area (Å²) in [5.74, 6) is 1.92. The molecule has 1 N–H and O–H groups in total. The van der Waals surface area contributed by atoms with Gasteiger partial charge in [-0.15, -0.1) is 12.6 Å². The first kappa shape index (κ1) is 20.0. The summed E-state index contributed by atoms with van der Waals surface area (Å²) in [6.45, 7) is 2.27. The quantitative estimate of drug-likeness (QED) is 0.377. The molecule has 0 bridgehead atoms. The first-order valence-electron chi connectivity index (χ1n) is 9.69. The van der Waals surface area contributed by atoms with Crippen molar-refractivity contribution in [3.8, 4) is 5.75 Å². The molecule has 25 heavy (non-hydrogen) atoms. The van der Waals surface area contributed by atoms with Crippen LogP contribution >= 0.6 is 12.6 Å². The Morgan fingerprint density at radius 1 is 1.08 bits per heavy atom. The second kappa shape index (κ2) is 11.3. The summed E-state index contributed by atoms with van der Waals surface area (Å²) in [5.41, 5.74) is 4.03. The Labute approximate surface area is 158 Å². The second-order valence-corrected chi connectivity index (χ2v) is 7.17. The molecule has 1 aromatic rings. The molecule has 4 nitrogen and oxygen atoms in total. The highest BCUT2D eigenvalue weighted by Gasteiger charge is 2.25. The standard InChI is InChI=1S/C20H33N3OS/c1-3-4-5-6-7-8-9-10-11-15-19-21-22-20(25)23(19)17-13-12-14-18(16-17)24-2/h12-14,16,20,22,25H,3-11,15H2,1-2H3. The van der Waals surface area contributed by atoms with E-state index in [2.05, 4.69) is 41.0 Å². The smallest absolute Gasteiger partial charge is 0.165 e. The van der Waals surface area contributed by atoms with Crippen LogP contribution in [0, 0.1) is 0 Å². The van der Waals surface area contributed by atoms with E-state index in [0.717, 1.165) is 23.7 Å². The van der Waals surface area contributed by atoms with Gasteiger partial charge in [0.15, 0.2) is 5.50 Å². The van der Waals surface area contributed by atoms with Crippen molar-refractivity contribution in [1.82, 2.24) is 5.43 Å². The van der Waals surface area contributed by atoms with Crippen molar-refractivity contribution in [2.75, 3.05) is 12.0 Å². The molecule has 1 aromatic carbocycles. The van der Waals surface area contributed by atoms with Gasteiger partial charge in [0.05, 0.1) is 7.11 Å². The van der Waals surface area contributed by atoms with Crippen molar-refractivity contribution < 1.29 is 4.74 Å². The fraction of sp³-hybridized carbons (Fsp3) is 0.650. The second-order valence-electron chi connectivity index (χ2n) is 6.68. The van der Waals surface area contributed by atoms with Gasteiger partial charge in [-0.3, -0.25) is 10.3 Å². The van der Waals surface area contributed by atoms with Crippen molar-refractivity contribution in [2.24, 2.45) is 5.10 Å². The van der Waals surface area contributed by atoms with Gasteiger partial charge in [-0.25, -0.2) is 0 Å². The molecule has 0 saturated heterocycles. The predicted octanol–water partition coefficient (Wildman–Crippen LogP) is 5.55. The molecule has 0 fully saturated rings. The van der Waals surface area contributed by atoms with E-state index in [1.165, 1.54) is 57.8 Å². The Kier molecular flexibility index (Phi) is 9.02. The molecule has 0 saturated carbocycles. The van der Waals surface area contributed by atoms with Crippen molar-refractivity contribution >= 4 is 24.2 Å². The molecule has 1 heterocycles. The number of ether oxygens (including phenoxy) is 1. The number of amidine groups is 1. The number of anilines is 1. The van der Waals surface area contributed by atoms with Crippen LogP contribution < -0.4 is 15.1 Å². The van der Waals surface area contributed by atoms with Crippen LogP contribution in [0.2, 0.25) is 0 Å². The van der Waals surface area contributed by atoms with Crippen molar-refractivity contribution in [3.05, 3.63) is 24.3 Å². The van der Waals surface area contributed by atoms with Crippen LogP contribution in [-0.2, 0) is 0 Å². The molecule has 2 rings (SSSR count). The zero-order valence-corrected chi connectivity index (χ0v) is 16.6. The van der Waals surface area contributed by atoms with Gasteiger partial charge < -0.3 is 4.74 Å². The number of benzene rings is 1. The highest BCUT2D eigenvalue weighted by atomic mass is 32.1. The molecule has 0 aliphatic carbocycles. The number of hydrogen-bond donors (Lipinski definition) is 2. The molecule has 140 valence electrons. The van der Waals surface area contributed by atoms with Gasteiger partial charge in [-0.2, -0.15) is 5.10 Å². The molecule has 0 aromatic heterocycles. The van der Waals surface area contributed by atoms with Gasteiger partial charge in [0, 0.05) is 18.2 Å². The SMILES string of the molecule is CCCCCCCCCCCC1=NNC(S)N1c1cccc(OC)c1. The molecular formula is C20H33N3OS. The number of nitrogens with zero attached hydrogens (tertiary/aromatic N) is 2. The van der Waals surface area contributed by atoms with Crippen molar-refractivity contribution in [3.63, 3.8) is 0 Å². The normalized spacial score (nSPS) is 16.7. The monoisotopic (exact) mass is 363 g/mol. The van der Waals surface area contributed by atoms with Gasteiger partial charge in [0.1, 0.15) is 11.6 Å². The largest absolute Gasteiger partial charge is 0.497 e. The molecule has 1 aliphatic heterocycles. The summed E-state index contributed by atoms with van der Waals surface area (Å²) in [5, 5.41) is 4.47. The van der Waals surface area contributed by atoms with E-state index < -0.39 is 0 Å². The number of nitrogens with one attached hydrogen (secondary N) is 1. The average molecular weight is 364 g/mol. The lowest BCUT2D eigenvalue weighted by Gasteiger charge is -2.24. The van der Waals surface area contributed by atoms with Crippen LogP contribution in [-0.4, -0.2) is 18.4 Å². The molecule has 5 heteroatoms. The molecule has 1 unspecified atom stereocenters. The molecule has 1 atom stereocenters. The summed E-state index contributed by atoms with van der Waals surface area (Å²) in [6.07, 6.45) is 13.0. The summed E-state index contributed by atoms with van der Waals surface area (Å²) < 4.78 is 5.33. The Balaban J connectivity index is 1.72. The summed E-state index contributed by atoms with van der Waals surface area (Å²) in [4.78, 5) is 2.15. The number of thiol groups is 1. The van der Waals surface area contributed by atoms with E-state index in [4.69, 9.17) is 4.74 Å². The van der Waals surface area contributed by atoms with Crippen LogP contribution in [0.25, 0.3) is 0 Å². The van der Waals surface area contributed by atoms with E-state index in [9.17, 15) is 0 Å². The number of methoxy groups -OCH3 is 1. The zero-order chi connectivity index (χ0) is 17.9. The third kappa shape index (κ3) is 6.46. The molecular weight excluding hydrogens is 330 g/mol. The Morgan fingerprint density at radius 2 is 1.76 bits per heavy atom. The fourth-order valence-electron chi connectivity index (χ4n) is 3.21. The van der Waals surface area contributed by atoms with E-state index in [0.29, 0.717) is 0 Å². The van der Waals surface area contributed by atoms with Crippen LogP contribution in [0.15, 0.2) is 29.4 Å². The lowest BCUT2D eigenvalue weighted by Crippen LogP contribution is -2.36. The Bertz CT molecular complexity index is 535. The van der Waals surface area contributed by atoms with Crippen molar-refractivity contribution in [1.29, 1.82) is 0 Å². The van der Waals surface area contributed by atoms with E-state index in [-0.39, 0.29) is 5.50 Å². The maximum absolute atomic E-state index is 5.33. The minimum absolute atomic E-state index is 0.110. The molecule has 1 aliphatic rings. The maximum atomic E-state index is 5.33. The summed E-state index contributed by atoms with van der Waals surface area (Å²) in [6, 6.07) is 8.06. The van der Waals surface area contributed by atoms with E-state index in [1.54, 1.807) is 7.11 Å². The lowest BCUT2D eigenvalue weighted by molar-refractivity contribution is 0.415. The Morgan fingerprint density at radius 3 is 2.44 bits per heavy atom. The number of hydrazone groups is 1. The summed E-state index contributed by atoms with van der Waals surface area (Å²) in [7, 11) is 1.69. The first-order chi connectivity index (χ1) is 12.3. The van der Waals surface area contributed by atoms with E-state index >= 15 is 0 Å². The number of rotatable bonds is 12. The van der Waals surface area contributed by atoms with Crippen molar-refractivity contribution in [2.45, 2.75) is 76.6 Å². The van der Waals surface area contributed by atoms with Gasteiger partial charge >= 0.3 is 0 Å². The van der Waals surface area contributed by atoms with Gasteiger partial charge in [0.25, 0.3) is 0 Å². The van der Waals surface area contributed by atoms with Gasteiger partial charge in [-0.1, -0.05) is 64.4 Å². The average Bonchev–Trinajstić information content (AvgIpc) is 3.01. The number of hydrogen-bond acceptors (Lipinski definition) is 5. The third-order valence-electron chi connectivity index (χ3n) is 4.67. The highest BCUT2D eigenvalue weighted by Crippen LogP contribution is 2.27. The van der Waals surface area contributed by atoms with Crippen LogP contribution in [0.3, 0.4) is 0 Å². The molecule has 0 radical (unpaired) electrons. The summed E-state index contributed by atoms with van der Waals surface area (Å²) >= 11 is 4.60. The minimum Gasteiger partial charge on any atom is -0.497 e. The minimum atomic E-state index is -0.110. The maximum Gasteiger partial charge on any atom is 0.165 e. The highest BCUT2D eigenvalue weighted by molar-refractivity contribution is 7.81. The Hall–Kier alpha value is -1.36. The topological polar surface area (TPSA) is 36.9 Å². The van der Waals surface area contributed by atoms with Crippen LogP contribution in [0.4, 0.5) is 5.69 Å². The van der Waals surface area contributed by atoms with Crippen LogP contribution in [0.1, 0.15) is 71.1 Å². The fourth-order valence-corrected chi connectivity index (χ4v) is 3.53. The van der Waals surface area contributed by atoms with Crippen LogP contribution in [0.5, 0.6) is 5.75 Å². The third-order valence-corrected chi connectivity index (χ3v) is 5.01. The lowest BCUT2D eigenvalue weighted by atomic mass is 10.1. The predicted molar refractivity (Wildman–Crippen MR) is 111 cm³/mol. The molecule has 0 spiro atoms. The van der Waals surface area contributed by atoms with E-state index in [1.807, 2.05) is 18.2 Å². The first-order valence-corrected chi connectivity index (χ1v) is 10.2. The zero-order valence-electron chi connectivity index (χ0n) is 15.7. The van der Waals surface area contributed by atoms with Gasteiger partial charge in [0.2, 0.25) is 0 Å².